The number of rotatable bonds is 3. The minimum absolute atomic E-state index is 0.0218. The first kappa shape index (κ1) is 10.8. The van der Waals surface area contributed by atoms with Crippen LogP contribution in [-0.4, -0.2) is 17.0 Å². The van der Waals surface area contributed by atoms with Gasteiger partial charge in [-0.15, -0.1) is 0 Å². The predicted octanol–water partition coefficient (Wildman–Crippen LogP) is 0.741. The monoisotopic (exact) mass is 238 g/mol. The van der Waals surface area contributed by atoms with Crippen molar-refractivity contribution >= 4 is 27.5 Å². The number of carbonyl (C=O) groups is 1. The second-order valence-corrected chi connectivity index (χ2v) is 4.22. The van der Waals surface area contributed by atoms with Crippen molar-refractivity contribution in [3.05, 3.63) is 34.6 Å². The van der Waals surface area contributed by atoms with Crippen molar-refractivity contribution < 1.29 is 9.63 Å². The molecule has 1 N–H and O–H groups in total. The second-order valence-electron chi connectivity index (χ2n) is 3.16. The number of hydrogen-bond donors (Lipinski definition) is 1. The molecule has 0 bridgehead atoms. The molecule has 0 unspecified atom stereocenters. The van der Waals surface area contributed by atoms with E-state index in [9.17, 15) is 9.59 Å². The predicted molar refractivity (Wildman–Crippen MR) is 61.2 cm³/mol. The maximum Gasteiger partial charge on any atom is 0.269 e. The van der Waals surface area contributed by atoms with Crippen molar-refractivity contribution in [3.8, 4) is 0 Å². The van der Waals surface area contributed by atoms with Gasteiger partial charge in [0.25, 0.3) is 11.5 Å². The Balaban J connectivity index is 2.35. The van der Waals surface area contributed by atoms with Crippen molar-refractivity contribution in [2.45, 2.75) is 6.54 Å². The molecule has 6 heteroatoms. The Kier molecular flexibility index (Phi) is 3.02. The van der Waals surface area contributed by atoms with Gasteiger partial charge < -0.3 is 0 Å². The molecule has 0 fully saturated rings. The van der Waals surface area contributed by atoms with E-state index in [-0.39, 0.29) is 18.0 Å². The smallest absolute Gasteiger partial charge is 0.269 e. The van der Waals surface area contributed by atoms with E-state index in [4.69, 9.17) is 0 Å². The molecular weight excluding hydrogens is 228 g/mol. The fraction of sp³-hybridized carbons (Fsp3) is 0.200. The van der Waals surface area contributed by atoms with Crippen LogP contribution in [0.4, 0.5) is 0 Å². The van der Waals surface area contributed by atoms with Crippen molar-refractivity contribution in [1.82, 2.24) is 9.44 Å². The zero-order valence-electron chi connectivity index (χ0n) is 8.60. The van der Waals surface area contributed by atoms with Crippen LogP contribution >= 0.6 is 11.5 Å². The normalized spacial score (nSPS) is 10.6. The van der Waals surface area contributed by atoms with Crippen LogP contribution in [0.2, 0.25) is 0 Å². The van der Waals surface area contributed by atoms with Gasteiger partial charge in [0.05, 0.1) is 17.2 Å². The number of benzene rings is 1. The van der Waals surface area contributed by atoms with Gasteiger partial charge in [-0.05, 0) is 12.1 Å². The Morgan fingerprint density at radius 1 is 1.50 bits per heavy atom. The third-order valence-corrected chi connectivity index (χ3v) is 3.12. The summed E-state index contributed by atoms with van der Waals surface area (Å²) in [5.74, 6) is -0.351. The molecule has 5 nitrogen and oxygen atoms in total. The minimum atomic E-state index is -0.351. The lowest BCUT2D eigenvalue weighted by molar-refractivity contribution is -0.131. The third kappa shape index (κ3) is 1.98. The summed E-state index contributed by atoms with van der Waals surface area (Å²) in [5, 5.41) is 0.637. The molecule has 1 aromatic heterocycles. The van der Waals surface area contributed by atoms with Crippen LogP contribution in [0, 0.1) is 0 Å². The van der Waals surface area contributed by atoms with Crippen LogP contribution in [0.1, 0.15) is 0 Å². The quantitative estimate of drug-likeness (QED) is 0.802. The van der Waals surface area contributed by atoms with Crippen LogP contribution in [-0.2, 0) is 16.2 Å². The van der Waals surface area contributed by atoms with Crippen LogP contribution in [0.3, 0.4) is 0 Å². The number of nitrogens with one attached hydrogen (secondary N) is 1. The maximum atomic E-state index is 11.8. The summed E-state index contributed by atoms with van der Waals surface area (Å²) in [5.41, 5.74) is 2.03. The Bertz CT molecular complexity index is 573. The molecule has 0 radical (unpaired) electrons. The molecule has 0 aliphatic heterocycles. The minimum Gasteiger partial charge on any atom is -0.277 e. The SMILES string of the molecule is CONC(=O)Cn1sc2ccccc2c1=O. The lowest BCUT2D eigenvalue weighted by atomic mass is 10.3. The van der Waals surface area contributed by atoms with E-state index in [1.807, 2.05) is 12.1 Å². The van der Waals surface area contributed by atoms with E-state index in [1.54, 1.807) is 12.1 Å². The number of carbonyl (C=O) groups excluding carboxylic acids is 1. The molecule has 0 aliphatic rings. The number of fused-ring (bicyclic) bond motifs is 1. The molecule has 0 spiro atoms. The second kappa shape index (κ2) is 4.46. The molecular formula is C10H10N2O3S. The fourth-order valence-electron chi connectivity index (χ4n) is 1.40. The molecule has 2 rings (SSSR count). The highest BCUT2D eigenvalue weighted by molar-refractivity contribution is 7.13. The first-order valence-electron chi connectivity index (χ1n) is 4.63. The van der Waals surface area contributed by atoms with Gasteiger partial charge in [0, 0.05) is 0 Å². The van der Waals surface area contributed by atoms with Gasteiger partial charge in [0.1, 0.15) is 6.54 Å². The van der Waals surface area contributed by atoms with Crippen LogP contribution in [0.25, 0.3) is 10.1 Å². The van der Waals surface area contributed by atoms with Gasteiger partial charge in [-0.3, -0.25) is 18.4 Å². The van der Waals surface area contributed by atoms with E-state index >= 15 is 0 Å². The maximum absolute atomic E-state index is 11.8. The molecule has 0 atom stereocenters. The molecule has 1 aromatic carbocycles. The van der Waals surface area contributed by atoms with E-state index in [1.165, 1.54) is 22.6 Å². The Hall–Kier alpha value is -1.66. The molecule has 1 amide bonds. The zero-order chi connectivity index (χ0) is 11.5. The zero-order valence-corrected chi connectivity index (χ0v) is 9.41. The standard InChI is InChI=1S/C10H10N2O3S/c1-15-11-9(13)6-12-10(14)7-4-2-3-5-8(7)16-12/h2-5H,6H2,1H3,(H,11,13). The molecule has 84 valence electrons. The highest BCUT2D eigenvalue weighted by Gasteiger charge is 2.09. The molecule has 1 heterocycles. The lowest BCUT2D eigenvalue weighted by Gasteiger charge is -2.00. The van der Waals surface area contributed by atoms with Gasteiger partial charge in [0.15, 0.2) is 0 Å². The van der Waals surface area contributed by atoms with Crippen molar-refractivity contribution in [1.29, 1.82) is 0 Å². The molecule has 16 heavy (non-hydrogen) atoms. The summed E-state index contributed by atoms with van der Waals surface area (Å²) < 4.78 is 2.27. The summed E-state index contributed by atoms with van der Waals surface area (Å²) in [7, 11) is 1.35. The lowest BCUT2D eigenvalue weighted by Crippen LogP contribution is -2.29. The molecule has 2 aromatic rings. The summed E-state index contributed by atoms with van der Waals surface area (Å²) in [6, 6.07) is 7.26. The number of hydroxylamine groups is 1. The van der Waals surface area contributed by atoms with Crippen molar-refractivity contribution in [2.24, 2.45) is 0 Å². The summed E-state index contributed by atoms with van der Waals surface area (Å²) in [4.78, 5) is 27.6. The van der Waals surface area contributed by atoms with Crippen LogP contribution in [0.5, 0.6) is 0 Å². The Morgan fingerprint density at radius 2 is 2.25 bits per heavy atom. The number of nitrogens with zero attached hydrogens (tertiary/aromatic N) is 1. The average molecular weight is 238 g/mol. The first-order valence-corrected chi connectivity index (χ1v) is 5.40. The van der Waals surface area contributed by atoms with E-state index in [0.29, 0.717) is 5.39 Å². The summed E-state index contributed by atoms with van der Waals surface area (Å²) in [6.45, 7) is -0.0218. The first-order chi connectivity index (χ1) is 7.72. The highest BCUT2D eigenvalue weighted by Crippen LogP contribution is 2.15. The summed E-state index contributed by atoms with van der Waals surface area (Å²) in [6.07, 6.45) is 0. The van der Waals surface area contributed by atoms with Gasteiger partial charge in [-0.25, -0.2) is 5.48 Å². The van der Waals surface area contributed by atoms with Gasteiger partial charge in [-0.2, -0.15) is 0 Å². The number of hydrogen-bond acceptors (Lipinski definition) is 4. The van der Waals surface area contributed by atoms with E-state index in [0.717, 1.165) is 4.70 Å². The van der Waals surface area contributed by atoms with Crippen molar-refractivity contribution in [3.63, 3.8) is 0 Å². The van der Waals surface area contributed by atoms with Crippen LogP contribution < -0.4 is 11.0 Å². The molecule has 0 saturated heterocycles. The van der Waals surface area contributed by atoms with Gasteiger partial charge in [-0.1, -0.05) is 23.7 Å². The molecule has 0 saturated carbocycles. The average Bonchev–Trinajstić information content (AvgIpc) is 2.57. The van der Waals surface area contributed by atoms with Gasteiger partial charge >= 0.3 is 0 Å². The van der Waals surface area contributed by atoms with Crippen LogP contribution in [0.15, 0.2) is 29.1 Å². The Labute approximate surface area is 95.4 Å². The number of aromatic nitrogens is 1. The Morgan fingerprint density at radius 3 is 2.94 bits per heavy atom. The molecule has 0 aliphatic carbocycles. The summed E-state index contributed by atoms with van der Waals surface area (Å²) >= 11 is 1.27. The van der Waals surface area contributed by atoms with Crippen molar-refractivity contribution in [2.75, 3.05) is 7.11 Å². The largest absolute Gasteiger partial charge is 0.277 e. The van der Waals surface area contributed by atoms with E-state index < -0.39 is 0 Å². The third-order valence-electron chi connectivity index (χ3n) is 2.06. The number of amides is 1. The highest BCUT2D eigenvalue weighted by atomic mass is 32.1. The van der Waals surface area contributed by atoms with Gasteiger partial charge in [0.2, 0.25) is 0 Å². The topological polar surface area (TPSA) is 60.3 Å². The van der Waals surface area contributed by atoms with E-state index in [2.05, 4.69) is 10.3 Å². The fourth-order valence-corrected chi connectivity index (χ4v) is 2.39.